The van der Waals surface area contributed by atoms with Gasteiger partial charge in [-0.1, -0.05) is 39.0 Å². The summed E-state index contributed by atoms with van der Waals surface area (Å²) < 4.78 is 2.18. The first-order valence-electron chi connectivity index (χ1n) is 4.30. The fourth-order valence-corrected chi connectivity index (χ4v) is 1.87. The molecule has 0 saturated heterocycles. The van der Waals surface area contributed by atoms with E-state index in [-0.39, 0.29) is 0 Å². The quantitative estimate of drug-likeness (QED) is 0.606. The maximum atomic E-state index is 4.41. The highest BCUT2D eigenvalue weighted by molar-refractivity contribution is 7.77. The molecule has 1 fully saturated rings. The summed E-state index contributed by atoms with van der Waals surface area (Å²) in [7, 11) is 0. The molecule has 0 aromatic rings. The Kier molecular flexibility index (Phi) is 3.57. The third kappa shape index (κ3) is 2.17. The van der Waals surface area contributed by atoms with E-state index in [2.05, 4.69) is 24.0 Å². The monoisotopic (exact) mass is 159 g/mol. The van der Waals surface area contributed by atoms with Crippen LogP contribution in [0.15, 0.2) is 0 Å². The maximum Gasteiger partial charge on any atom is 0.0200 e. The second kappa shape index (κ2) is 4.24. The van der Waals surface area contributed by atoms with Crippen molar-refractivity contribution in [3.05, 3.63) is 0 Å². The minimum atomic E-state index is 0.766. The number of thiol groups is 1. The van der Waals surface area contributed by atoms with Crippen molar-refractivity contribution < 1.29 is 0 Å². The normalized spacial score (nSPS) is 21.9. The summed E-state index contributed by atoms with van der Waals surface area (Å²) in [6.45, 7) is 3.25. The van der Waals surface area contributed by atoms with E-state index in [1.165, 1.54) is 32.1 Å². The average Bonchev–Trinajstić information content (AvgIpc) is 2.05. The predicted molar refractivity (Wildman–Crippen MR) is 48.2 cm³/mol. The Morgan fingerprint density at radius 3 is 2.40 bits per heavy atom. The van der Waals surface area contributed by atoms with E-state index in [0.717, 1.165) is 12.6 Å². The SMILES string of the molecule is CCN(S)C1CCCCC1. The molecule has 1 aliphatic rings. The molecule has 60 valence electrons. The topological polar surface area (TPSA) is 3.24 Å². The zero-order chi connectivity index (χ0) is 7.40. The van der Waals surface area contributed by atoms with E-state index in [1.807, 2.05) is 0 Å². The molecule has 0 aromatic carbocycles. The minimum Gasteiger partial charge on any atom is -0.250 e. The van der Waals surface area contributed by atoms with E-state index in [0.29, 0.717) is 0 Å². The molecule has 0 radical (unpaired) electrons. The molecule has 0 N–H and O–H groups in total. The van der Waals surface area contributed by atoms with E-state index in [4.69, 9.17) is 0 Å². The third-order valence-electron chi connectivity index (χ3n) is 2.32. The molecule has 10 heavy (non-hydrogen) atoms. The molecule has 0 bridgehead atoms. The highest BCUT2D eigenvalue weighted by atomic mass is 32.1. The van der Waals surface area contributed by atoms with Gasteiger partial charge in [0.25, 0.3) is 0 Å². The standard InChI is InChI=1S/C8H17NS/c1-2-9(10)8-6-4-3-5-7-8/h8,10H,2-7H2,1H3. The van der Waals surface area contributed by atoms with Gasteiger partial charge in [0, 0.05) is 12.6 Å². The lowest BCUT2D eigenvalue weighted by Crippen LogP contribution is -2.28. The van der Waals surface area contributed by atoms with Crippen molar-refractivity contribution in [2.24, 2.45) is 0 Å². The fraction of sp³-hybridized carbons (Fsp3) is 1.00. The number of nitrogens with zero attached hydrogens (tertiary/aromatic N) is 1. The average molecular weight is 159 g/mol. The van der Waals surface area contributed by atoms with Crippen molar-refractivity contribution in [3.63, 3.8) is 0 Å². The van der Waals surface area contributed by atoms with Gasteiger partial charge in [0.1, 0.15) is 0 Å². The van der Waals surface area contributed by atoms with Crippen molar-refractivity contribution in [2.75, 3.05) is 6.54 Å². The number of rotatable bonds is 2. The van der Waals surface area contributed by atoms with Crippen LogP contribution < -0.4 is 0 Å². The van der Waals surface area contributed by atoms with Crippen LogP contribution in [0.5, 0.6) is 0 Å². The Morgan fingerprint density at radius 1 is 1.30 bits per heavy atom. The molecule has 1 saturated carbocycles. The van der Waals surface area contributed by atoms with Crippen molar-refractivity contribution in [3.8, 4) is 0 Å². The van der Waals surface area contributed by atoms with Crippen LogP contribution in [0, 0.1) is 0 Å². The molecule has 0 amide bonds. The van der Waals surface area contributed by atoms with Gasteiger partial charge in [-0.3, -0.25) is 4.31 Å². The first-order chi connectivity index (χ1) is 4.84. The summed E-state index contributed by atoms with van der Waals surface area (Å²) >= 11 is 4.41. The Labute approximate surface area is 69.3 Å². The van der Waals surface area contributed by atoms with Crippen LogP contribution >= 0.6 is 12.8 Å². The summed E-state index contributed by atoms with van der Waals surface area (Å²) in [5.74, 6) is 0. The molecular formula is C8H17NS. The zero-order valence-electron chi connectivity index (χ0n) is 6.71. The van der Waals surface area contributed by atoms with Gasteiger partial charge in [-0.25, -0.2) is 0 Å². The molecule has 0 spiro atoms. The van der Waals surface area contributed by atoms with Gasteiger partial charge in [-0.15, -0.1) is 0 Å². The lowest BCUT2D eigenvalue weighted by molar-refractivity contribution is 0.284. The highest BCUT2D eigenvalue weighted by Gasteiger charge is 2.16. The summed E-state index contributed by atoms with van der Waals surface area (Å²) in [5, 5.41) is 0. The second-order valence-electron chi connectivity index (χ2n) is 3.05. The van der Waals surface area contributed by atoms with Gasteiger partial charge in [-0.05, 0) is 12.8 Å². The van der Waals surface area contributed by atoms with E-state index in [9.17, 15) is 0 Å². The Balaban J connectivity index is 2.24. The molecule has 1 nitrogen and oxygen atoms in total. The van der Waals surface area contributed by atoms with Gasteiger partial charge in [0.2, 0.25) is 0 Å². The van der Waals surface area contributed by atoms with Crippen molar-refractivity contribution in [1.82, 2.24) is 4.31 Å². The first-order valence-corrected chi connectivity index (χ1v) is 4.70. The summed E-state index contributed by atoms with van der Waals surface area (Å²) in [6, 6.07) is 0.766. The van der Waals surface area contributed by atoms with Crippen LogP contribution in [0.4, 0.5) is 0 Å². The smallest absolute Gasteiger partial charge is 0.0200 e. The Hall–Kier alpha value is 0.310. The van der Waals surface area contributed by atoms with Crippen molar-refractivity contribution >= 4 is 12.8 Å². The van der Waals surface area contributed by atoms with Gasteiger partial charge in [0.15, 0.2) is 0 Å². The lowest BCUT2D eigenvalue weighted by Gasteiger charge is -2.28. The van der Waals surface area contributed by atoms with Gasteiger partial charge in [0.05, 0.1) is 0 Å². The number of hydrogen-bond donors (Lipinski definition) is 1. The van der Waals surface area contributed by atoms with Gasteiger partial charge >= 0.3 is 0 Å². The molecule has 0 atom stereocenters. The minimum absolute atomic E-state index is 0.766. The van der Waals surface area contributed by atoms with Gasteiger partial charge in [-0.2, -0.15) is 0 Å². The highest BCUT2D eigenvalue weighted by Crippen LogP contribution is 2.22. The second-order valence-corrected chi connectivity index (χ2v) is 3.56. The van der Waals surface area contributed by atoms with Crippen LogP contribution in [0.25, 0.3) is 0 Å². The van der Waals surface area contributed by atoms with E-state index in [1.54, 1.807) is 0 Å². The molecular weight excluding hydrogens is 142 g/mol. The van der Waals surface area contributed by atoms with Crippen LogP contribution in [-0.4, -0.2) is 16.9 Å². The number of hydrogen-bond acceptors (Lipinski definition) is 2. The Morgan fingerprint density at radius 2 is 1.90 bits per heavy atom. The van der Waals surface area contributed by atoms with Crippen LogP contribution in [0.3, 0.4) is 0 Å². The molecule has 0 aliphatic heterocycles. The zero-order valence-corrected chi connectivity index (χ0v) is 7.61. The van der Waals surface area contributed by atoms with Crippen LogP contribution in [0.1, 0.15) is 39.0 Å². The van der Waals surface area contributed by atoms with E-state index >= 15 is 0 Å². The fourth-order valence-electron chi connectivity index (χ4n) is 1.64. The van der Waals surface area contributed by atoms with E-state index < -0.39 is 0 Å². The molecule has 0 aromatic heterocycles. The lowest BCUT2D eigenvalue weighted by atomic mass is 9.95. The molecule has 2 heteroatoms. The van der Waals surface area contributed by atoms with Crippen LogP contribution in [-0.2, 0) is 0 Å². The summed E-state index contributed by atoms with van der Waals surface area (Å²) in [5.41, 5.74) is 0. The third-order valence-corrected chi connectivity index (χ3v) is 2.93. The van der Waals surface area contributed by atoms with Crippen molar-refractivity contribution in [1.29, 1.82) is 0 Å². The molecule has 0 unspecified atom stereocenters. The Bertz CT molecular complexity index is 89.3. The molecule has 1 rings (SSSR count). The largest absolute Gasteiger partial charge is 0.250 e. The van der Waals surface area contributed by atoms with Crippen LogP contribution in [0.2, 0.25) is 0 Å². The van der Waals surface area contributed by atoms with Crippen molar-refractivity contribution in [2.45, 2.75) is 45.1 Å². The molecule has 1 aliphatic carbocycles. The summed E-state index contributed by atoms with van der Waals surface area (Å²) in [6.07, 6.45) is 6.96. The maximum absolute atomic E-state index is 4.41. The predicted octanol–water partition coefficient (Wildman–Crippen LogP) is 2.49. The van der Waals surface area contributed by atoms with Gasteiger partial charge < -0.3 is 0 Å². The first kappa shape index (κ1) is 8.41. The molecule has 0 heterocycles. The summed E-state index contributed by atoms with van der Waals surface area (Å²) in [4.78, 5) is 0.